The molecule has 0 spiro atoms. The molecule has 67 heavy (non-hydrogen) atoms. The first-order valence-corrected chi connectivity index (χ1v) is 22.4. The number of nitrogens with zero attached hydrogens (tertiary/aromatic N) is 3. The molecule has 4 heteroatoms. The van der Waals surface area contributed by atoms with E-state index in [1.165, 1.54) is 33.4 Å². The van der Waals surface area contributed by atoms with Crippen molar-refractivity contribution in [2.24, 2.45) is 0 Å². The summed E-state index contributed by atoms with van der Waals surface area (Å²) in [5.41, 5.74) is 20.6. The molecular formula is C63H42IrN3. The molecule has 0 aliphatic rings. The first kappa shape index (κ1) is 43.0. The van der Waals surface area contributed by atoms with Gasteiger partial charge in [-0.05, 0) is 86.7 Å². The number of benzene rings is 8. The molecule has 0 unspecified atom stereocenters. The normalized spacial score (nSPS) is 11.0. The molecule has 0 bridgehead atoms. The summed E-state index contributed by atoms with van der Waals surface area (Å²) in [5.74, 6) is 0. The summed E-state index contributed by atoms with van der Waals surface area (Å²) in [6.07, 6.45) is 5.35. The van der Waals surface area contributed by atoms with Crippen LogP contribution >= 0.6 is 0 Å². The number of rotatable bonds is 11. The maximum Gasteiger partial charge on any atom is 3.00 e. The van der Waals surface area contributed by atoms with Crippen molar-refractivity contribution in [3.63, 3.8) is 0 Å². The largest absolute Gasteiger partial charge is 3.00 e. The summed E-state index contributed by atoms with van der Waals surface area (Å²) < 4.78 is 0. The quantitative estimate of drug-likeness (QED) is 0.121. The number of pyridine rings is 3. The van der Waals surface area contributed by atoms with Crippen LogP contribution in [0, 0.1) is 18.2 Å². The second kappa shape index (κ2) is 19.7. The van der Waals surface area contributed by atoms with Gasteiger partial charge in [0.25, 0.3) is 0 Å². The van der Waals surface area contributed by atoms with Crippen molar-refractivity contribution >= 4 is 10.9 Å². The van der Waals surface area contributed by atoms with Gasteiger partial charge in [0.15, 0.2) is 0 Å². The van der Waals surface area contributed by atoms with E-state index in [-0.39, 0.29) is 20.1 Å². The average molecular weight is 1030 g/mol. The van der Waals surface area contributed by atoms with E-state index in [1.807, 2.05) is 48.8 Å². The fourth-order valence-corrected chi connectivity index (χ4v) is 8.90. The van der Waals surface area contributed by atoms with Crippen LogP contribution in [0.15, 0.2) is 231 Å². The maximum atomic E-state index is 5.09. The van der Waals surface area contributed by atoms with Crippen molar-refractivity contribution in [1.29, 1.82) is 0 Å². The van der Waals surface area contributed by atoms with Gasteiger partial charge in [0.1, 0.15) is 0 Å². The van der Waals surface area contributed by atoms with Gasteiger partial charge in [-0.1, -0.05) is 168 Å². The van der Waals surface area contributed by atoms with E-state index < -0.39 is 0 Å². The minimum absolute atomic E-state index is 0. The molecule has 11 rings (SSSR count). The van der Waals surface area contributed by atoms with Crippen LogP contribution in [0.3, 0.4) is 0 Å². The Morgan fingerprint density at radius 2 is 0.821 bits per heavy atom. The first-order chi connectivity index (χ1) is 32.7. The number of hydrogen-bond acceptors (Lipinski definition) is 3. The molecule has 0 fully saturated rings. The molecule has 0 saturated carbocycles. The smallest absolute Gasteiger partial charge is 0.305 e. The first-order valence-electron chi connectivity index (χ1n) is 22.4. The third kappa shape index (κ3) is 9.32. The van der Waals surface area contributed by atoms with E-state index in [2.05, 4.69) is 210 Å². The summed E-state index contributed by atoms with van der Waals surface area (Å²) in [5, 5.41) is 1.14. The van der Waals surface area contributed by atoms with Crippen LogP contribution in [0.25, 0.3) is 100 Å². The van der Waals surface area contributed by atoms with Gasteiger partial charge in [-0.15, -0.1) is 95.1 Å². The van der Waals surface area contributed by atoms with Crippen LogP contribution in [-0.2, 0) is 32.9 Å². The fourth-order valence-electron chi connectivity index (χ4n) is 8.90. The summed E-state index contributed by atoms with van der Waals surface area (Å²) in [7, 11) is 0. The van der Waals surface area contributed by atoms with E-state index in [4.69, 9.17) is 4.98 Å². The van der Waals surface area contributed by atoms with Crippen molar-refractivity contribution in [1.82, 2.24) is 15.0 Å². The minimum atomic E-state index is 0. The number of para-hydroxylation sites is 1. The Balaban J connectivity index is 0.00000525. The van der Waals surface area contributed by atoms with Gasteiger partial charge in [-0.25, -0.2) is 0 Å². The van der Waals surface area contributed by atoms with Gasteiger partial charge in [-0.3, -0.25) is 4.98 Å². The Labute approximate surface area is 405 Å². The molecule has 3 nitrogen and oxygen atoms in total. The van der Waals surface area contributed by atoms with Crippen molar-refractivity contribution in [3.05, 3.63) is 260 Å². The van der Waals surface area contributed by atoms with Crippen LogP contribution in [0.5, 0.6) is 0 Å². The number of fused-ring (bicyclic) bond motifs is 1. The van der Waals surface area contributed by atoms with Crippen molar-refractivity contribution in [2.75, 3.05) is 0 Å². The zero-order valence-electron chi connectivity index (χ0n) is 36.5. The van der Waals surface area contributed by atoms with Crippen LogP contribution in [-0.4, -0.2) is 15.0 Å². The number of aryl methyl sites for hydroxylation is 2. The zero-order chi connectivity index (χ0) is 44.1. The SMILES string of the molecule is [Ir+3].[c-]1cc(-c2ccccc2-c2cc(CCc3c[c-]c(-c4cc(-c5ccccc5)c5ccccc5n4)cc3)cc(-c3ccccc3-c3c[c-]c(-c4ccccn4)cc3)c2)ccc1-c1ccccn1. The molecule has 0 amide bonds. The molecule has 8 aromatic carbocycles. The Bertz CT molecular complexity index is 3280. The van der Waals surface area contributed by atoms with E-state index in [9.17, 15) is 0 Å². The van der Waals surface area contributed by atoms with Gasteiger partial charge < -0.3 is 9.97 Å². The van der Waals surface area contributed by atoms with Gasteiger partial charge in [-0.2, -0.15) is 0 Å². The van der Waals surface area contributed by atoms with Crippen LogP contribution in [0.4, 0.5) is 0 Å². The topological polar surface area (TPSA) is 38.7 Å². The van der Waals surface area contributed by atoms with E-state index in [1.54, 1.807) is 0 Å². The molecular weight excluding hydrogens is 991 g/mol. The third-order valence-electron chi connectivity index (χ3n) is 12.3. The predicted octanol–water partition coefficient (Wildman–Crippen LogP) is 15.5. The molecule has 11 aromatic rings. The molecule has 0 N–H and O–H groups in total. The van der Waals surface area contributed by atoms with Crippen molar-refractivity contribution < 1.29 is 20.1 Å². The fraction of sp³-hybridized carbons (Fsp3) is 0.0317. The van der Waals surface area contributed by atoms with Crippen molar-refractivity contribution in [3.8, 4) is 89.4 Å². The summed E-state index contributed by atoms with van der Waals surface area (Å²) in [4.78, 5) is 14.2. The summed E-state index contributed by atoms with van der Waals surface area (Å²) >= 11 is 0. The molecule has 0 saturated heterocycles. The summed E-state index contributed by atoms with van der Waals surface area (Å²) in [6, 6.07) is 87.5. The van der Waals surface area contributed by atoms with Gasteiger partial charge >= 0.3 is 20.1 Å². The summed E-state index contributed by atoms with van der Waals surface area (Å²) in [6.45, 7) is 0. The zero-order valence-corrected chi connectivity index (χ0v) is 38.9. The minimum Gasteiger partial charge on any atom is -0.305 e. The molecule has 3 heterocycles. The molecule has 0 aliphatic heterocycles. The van der Waals surface area contributed by atoms with Crippen molar-refractivity contribution in [2.45, 2.75) is 12.8 Å². The van der Waals surface area contributed by atoms with Gasteiger partial charge in [0.05, 0.1) is 5.52 Å². The van der Waals surface area contributed by atoms with E-state index in [0.29, 0.717) is 0 Å². The van der Waals surface area contributed by atoms with Crippen LogP contribution in [0.2, 0.25) is 0 Å². The van der Waals surface area contributed by atoms with Crippen LogP contribution in [0.1, 0.15) is 11.1 Å². The molecule has 0 radical (unpaired) electrons. The molecule has 3 aromatic heterocycles. The van der Waals surface area contributed by atoms with Crippen LogP contribution < -0.4 is 0 Å². The Morgan fingerprint density at radius 3 is 1.36 bits per heavy atom. The molecule has 318 valence electrons. The molecule has 0 atom stereocenters. The number of aromatic nitrogens is 3. The second-order valence-corrected chi connectivity index (χ2v) is 16.5. The van der Waals surface area contributed by atoms with Gasteiger partial charge in [0.2, 0.25) is 0 Å². The third-order valence-corrected chi connectivity index (χ3v) is 12.3. The number of hydrogen-bond donors (Lipinski definition) is 0. The Hall–Kier alpha value is -7.88. The predicted molar refractivity (Wildman–Crippen MR) is 271 cm³/mol. The van der Waals surface area contributed by atoms with E-state index >= 15 is 0 Å². The second-order valence-electron chi connectivity index (χ2n) is 16.5. The van der Waals surface area contributed by atoms with Gasteiger partial charge in [0, 0.05) is 17.8 Å². The Morgan fingerprint density at radius 1 is 0.328 bits per heavy atom. The monoisotopic (exact) mass is 1030 g/mol. The average Bonchev–Trinajstić information content (AvgIpc) is 3.41. The van der Waals surface area contributed by atoms with E-state index in [0.717, 1.165) is 90.9 Å². The molecule has 0 aliphatic carbocycles. The standard InChI is InChI=1S/C63H42N3.Ir/c1-2-14-46(15-3-1)59-43-63(66-62-23-9-8-20-58(59)62)51-28-26-44(27-29-51)24-25-45-40-52(56-18-6-4-16-54(56)47-30-34-49(35-31-47)60-21-10-12-38-64-60)42-53(41-45)57-19-7-5-17-55(57)48-32-36-50(37-33-48)61-22-11-13-39-65-61;/h1-23,26-28,30-34,36,38-43H,24-25H2;/q-3;+3. The maximum absolute atomic E-state index is 5.09. The Kier molecular flexibility index (Phi) is 12.7.